The Morgan fingerprint density at radius 3 is 2.78 bits per heavy atom. The molecule has 1 atom stereocenters. The largest absolute Gasteiger partial charge is 0.496 e. The van der Waals surface area contributed by atoms with E-state index in [-0.39, 0.29) is 6.04 Å². The molecule has 0 spiro atoms. The number of aryl methyl sites for hydroxylation is 1. The van der Waals surface area contributed by atoms with Gasteiger partial charge in [-0.15, -0.1) is 0 Å². The highest BCUT2D eigenvalue weighted by Gasteiger charge is 2.11. The molecule has 0 saturated carbocycles. The van der Waals surface area contributed by atoms with Crippen LogP contribution < -0.4 is 10.5 Å². The van der Waals surface area contributed by atoms with Gasteiger partial charge in [-0.1, -0.05) is 17.7 Å². The van der Waals surface area contributed by atoms with Crippen LogP contribution in [0.3, 0.4) is 0 Å². The number of nitrogens with zero attached hydrogens (tertiary/aromatic N) is 2. The van der Waals surface area contributed by atoms with Crippen molar-refractivity contribution in [2.24, 2.45) is 5.73 Å². The molecule has 1 unspecified atom stereocenters. The summed E-state index contributed by atoms with van der Waals surface area (Å²) in [5.41, 5.74) is 9.47. The number of hydrogen-bond donors (Lipinski definition) is 1. The van der Waals surface area contributed by atoms with Gasteiger partial charge < -0.3 is 10.5 Å². The number of aromatic nitrogens is 2. The lowest BCUT2D eigenvalue weighted by molar-refractivity contribution is 0.408. The summed E-state index contributed by atoms with van der Waals surface area (Å²) in [5.74, 6) is 0.873. The van der Waals surface area contributed by atoms with E-state index < -0.39 is 0 Å². The van der Waals surface area contributed by atoms with Crippen LogP contribution in [0.15, 0.2) is 36.7 Å². The summed E-state index contributed by atoms with van der Waals surface area (Å²) >= 11 is 0. The molecule has 1 aromatic carbocycles. The first-order chi connectivity index (χ1) is 8.70. The minimum absolute atomic E-state index is 0.101. The highest BCUT2D eigenvalue weighted by atomic mass is 16.5. The molecule has 0 aliphatic rings. The van der Waals surface area contributed by atoms with E-state index in [2.05, 4.69) is 23.2 Å². The first kappa shape index (κ1) is 12.5. The molecule has 0 saturated heterocycles. The summed E-state index contributed by atoms with van der Waals surface area (Å²) in [5, 5.41) is 7.60. The molecule has 0 bridgehead atoms. The summed E-state index contributed by atoms with van der Waals surface area (Å²) in [6, 6.07) is 7.90. The van der Waals surface area contributed by atoms with Crippen LogP contribution >= 0.6 is 0 Å². The molecule has 1 aromatic heterocycles. The Kier molecular flexibility index (Phi) is 3.89. The standard InChI is InChI=1S/C14H17N3O/c1-10-3-4-14(18-2)12(7-10)8-13(15)11-5-6-16-17-9-11/h3-7,9,13H,8,15H2,1-2H3. The van der Waals surface area contributed by atoms with Gasteiger partial charge in [0.2, 0.25) is 0 Å². The lowest BCUT2D eigenvalue weighted by atomic mass is 9.99. The third-order valence-corrected chi connectivity index (χ3v) is 2.91. The molecule has 0 aliphatic heterocycles. The third kappa shape index (κ3) is 2.84. The molecule has 2 N–H and O–H groups in total. The Bertz CT molecular complexity index is 514. The van der Waals surface area contributed by atoms with E-state index in [0.717, 1.165) is 23.3 Å². The minimum Gasteiger partial charge on any atom is -0.496 e. The summed E-state index contributed by atoms with van der Waals surface area (Å²) in [7, 11) is 1.67. The molecule has 0 fully saturated rings. The molecular weight excluding hydrogens is 226 g/mol. The highest BCUT2D eigenvalue weighted by molar-refractivity contribution is 5.38. The maximum atomic E-state index is 6.18. The Labute approximate surface area is 107 Å². The Morgan fingerprint density at radius 2 is 2.11 bits per heavy atom. The fourth-order valence-corrected chi connectivity index (χ4v) is 1.94. The lowest BCUT2D eigenvalue weighted by Crippen LogP contribution is -2.14. The average Bonchev–Trinajstić information content (AvgIpc) is 2.40. The SMILES string of the molecule is COc1ccc(C)cc1CC(N)c1ccnnc1. The molecule has 0 aliphatic carbocycles. The average molecular weight is 243 g/mol. The fraction of sp³-hybridized carbons (Fsp3) is 0.286. The van der Waals surface area contributed by atoms with Crippen molar-refractivity contribution in [1.82, 2.24) is 10.2 Å². The van der Waals surface area contributed by atoms with E-state index in [1.165, 1.54) is 5.56 Å². The van der Waals surface area contributed by atoms with Gasteiger partial charge in [0, 0.05) is 12.2 Å². The van der Waals surface area contributed by atoms with E-state index >= 15 is 0 Å². The normalized spacial score (nSPS) is 12.2. The smallest absolute Gasteiger partial charge is 0.122 e. The highest BCUT2D eigenvalue weighted by Crippen LogP contribution is 2.24. The van der Waals surface area contributed by atoms with Crippen LogP contribution in [0.4, 0.5) is 0 Å². The monoisotopic (exact) mass is 243 g/mol. The van der Waals surface area contributed by atoms with Gasteiger partial charge in [-0.25, -0.2) is 0 Å². The summed E-state index contributed by atoms with van der Waals surface area (Å²) < 4.78 is 5.35. The van der Waals surface area contributed by atoms with Crippen molar-refractivity contribution < 1.29 is 4.74 Å². The maximum absolute atomic E-state index is 6.18. The van der Waals surface area contributed by atoms with Gasteiger partial charge in [-0.3, -0.25) is 0 Å². The Morgan fingerprint density at radius 1 is 1.28 bits per heavy atom. The van der Waals surface area contributed by atoms with E-state index in [1.807, 2.05) is 18.2 Å². The van der Waals surface area contributed by atoms with Gasteiger partial charge in [0.15, 0.2) is 0 Å². The molecule has 2 aromatic rings. The Balaban J connectivity index is 2.21. The van der Waals surface area contributed by atoms with Crippen molar-refractivity contribution in [1.29, 1.82) is 0 Å². The molecule has 4 nitrogen and oxygen atoms in total. The fourth-order valence-electron chi connectivity index (χ4n) is 1.94. The molecule has 18 heavy (non-hydrogen) atoms. The molecule has 1 heterocycles. The number of rotatable bonds is 4. The summed E-state index contributed by atoms with van der Waals surface area (Å²) in [6.07, 6.45) is 4.08. The predicted octanol–water partition coefficient (Wildman–Crippen LogP) is 2.04. The van der Waals surface area contributed by atoms with Crippen LogP contribution in [0.25, 0.3) is 0 Å². The van der Waals surface area contributed by atoms with Gasteiger partial charge in [-0.2, -0.15) is 10.2 Å². The van der Waals surface area contributed by atoms with Gasteiger partial charge in [0.25, 0.3) is 0 Å². The number of ether oxygens (including phenoxy) is 1. The molecular formula is C14H17N3O. The van der Waals surface area contributed by atoms with E-state index in [1.54, 1.807) is 19.5 Å². The van der Waals surface area contributed by atoms with Crippen LogP contribution in [-0.4, -0.2) is 17.3 Å². The number of benzene rings is 1. The van der Waals surface area contributed by atoms with Gasteiger partial charge >= 0.3 is 0 Å². The molecule has 0 radical (unpaired) electrons. The van der Waals surface area contributed by atoms with Gasteiger partial charge in [-0.05, 0) is 36.6 Å². The van der Waals surface area contributed by atoms with Crippen molar-refractivity contribution in [2.45, 2.75) is 19.4 Å². The van der Waals surface area contributed by atoms with Crippen molar-refractivity contribution in [3.05, 3.63) is 53.3 Å². The lowest BCUT2D eigenvalue weighted by Gasteiger charge is -2.14. The van der Waals surface area contributed by atoms with Crippen LogP contribution in [0.1, 0.15) is 22.7 Å². The predicted molar refractivity (Wildman–Crippen MR) is 70.4 cm³/mol. The van der Waals surface area contributed by atoms with Gasteiger partial charge in [0.05, 0.1) is 13.3 Å². The molecule has 4 heteroatoms. The second-order valence-corrected chi connectivity index (χ2v) is 4.30. The first-order valence-corrected chi connectivity index (χ1v) is 5.86. The second kappa shape index (κ2) is 5.60. The van der Waals surface area contributed by atoms with Crippen LogP contribution in [-0.2, 0) is 6.42 Å². The summed E-state index contributed by atoms with van der Waals surface area (Å²) in [6.45, 7) is 2.06. The number of hydrogen-bond acceptors (Lipinski definition) is 4. The van der Waals surface area contributed by atoms with Crippen LogP contribution in [0, 0.1) is 6.92 Å². The van der Waals surface area contributed by atoms with Crippen LogP contribution in [0.5, 0.6) is 5.75 Å². The minimum atomic E-state index is -0.101. The zero-order valence-electron chi connectivity index (χ0n) is 10.6. The Hall–Kier alpha value is -1.94. The summed E-state index contributed by atoms with van der Waals surface area (Å²) in [4.78, 5) is 0. The van der Waals surface area contributed by atoms with Crippen molar-refractivity contribution >= 4 is 0 Å². The van der Waals surface area contributed by atoms with Gasteiger partial charge in [0.1, 0.15) is 5.75 Å². The zero-order chi connectivity index (χ0) is 13.0. The van der Waals surface area contributed by atoms with E-state index in [0.29, 0.717) is 0 Å². The molecule has 0 amide bonds. The quantitative estimate of drug-likeness (QED) is 0.892. The molecule has 2 rings (SSSR count). The number of methoxy groups -OCH3 is 1. The maximum Gasteiger partial charge on any atom is 0.122 e. The van der Waals surface area contributed by atoms with Crippen LogP contribution in [0.2, 0.25) is 0 Å². The zero-order valence-corrected chi connectivity index (χ0v) is 10.6. The van der Waals surface area contributed by atoms with Crippen molar-refractivity contribution in [3.63, 3.8) is 0 Å². The number of nitrogens with two attached hydrogens (primary N) is 1. The third-order valence-electron chi connectivity index (χ3n) is 2.91. The van der Waals surface area contributed by atoms with Crippen molar-refractivity contribution in [2.75, 3.05) is 7.11 Å². The van der Waals surface area contributed by atoms with Crippen molar-refractivity contribution in [3.8, 4) is 5.75 Å². The first-order valence-electron chi connectivity index (χ1n) is 5.86. The van der Waals surface area contributed by atoms with E-state index in [4.69, 9.17) is 10.5 Å². The second-order valence-electron chi connectivity index (χ2n) is 4.30. The van der Waals surface area contributed by atoms with E-state index in [9.17, 15) is 0 Å². The molecule has 94 valence electrons. The topological polar surface area (TPSA) is 61.0 Å².